The fourth-order valence-corrected chi connectivity index (χ4v) is 2.65. The summed E-state index contributed by atoms with van der Waals surface area (Å²) in [5.74, 6) is 0.820. The molecule has 1 aromatic heterocycles. The van der Waals surface area contributed by atoms with Gasteiger partial charge in [-0.25, -0.2) is 9.37 Å². The standard InChI is InChI=1S/C21H15FN2O/c22-17-10-6-7-15(13-17)14-25-21-18-11-4-5-12-19(18)23-20(24-21)16-8-2-1-3-9-16/h1-13H,14H2. The molecular weight excluding hydrogens is 315 g/mol. The van der Waals surface area contributed by atoms with Crippen molar-refractivity contribution in [1.82, 2.24) is 9.97 Å². The van der Waals surface area contributed by atoms with Crippen molar-refractivity contribution < 1.29 is 9.13 Å². The molecule has 0 atom stereocenters. The smallest absolute Gasteiger partial charge is 0.225 e. The van der Waals surface area contributed by atoms with Gasteiger partial charge < -0.3 is 4.74 Å². The van der Waals surface area contributed by atoms with Gasteiger partial charge in [0.1, 0.15) is 12.4 Å². The average Bonchev–Trinajstić information content (AvgIpc) is 2.66. The number of halogens is 1. The van der Waals surface area contributed by atoms with E-state index < -0.39 is 0 Å². The van der Waals surface area contributed by atoms with Crippen LogP contribution in [0.5, 0.6) is 5.88 Å². The van der Waals surface area contributed by atoms with Crippen LogP contribution in [0.25, 0.3) is 22.3 Å². The summed E-state index contributed by atoms with van der Waals surface area (Å²) in [7, 11) is 0. The van der Waals surface area contributed by atoms with Crippen LogP contribution in [-0.4, -0.2) is 9.97 Å². The number of para-hydroxylation sites is 1. The van der Waals surface area contributed by atoms with E-state index in [-0.39, 0.29) is 12.4 Å². The highest BCUT2D eigenvalue weighted by Crippen LogP contribution is 2.27. The Morgan fingerprint density at radius 3 is 2.44 bits per heavy atom. The first-order valence-electron chi connectivity index (χ1n) is 7.99. The molecule has 3 aromatic carbocycles. The molecule has 0 aliphatic heterocycles. The number of hydrogen-bond donors (Lipinski definition) is 0. The molecule has 4 aromatic rings. The lowest BCUT2D eigenvalue weighted by molar-refractivity contribution is 0.297. The van der Waals surface area contributed by atoms with Gasteiger partial charge in [-0.2, -0.15) is 4.98 Å². The van der Waals surface area contributed by atoms with Gasteiger partial charge in [0, 0.05) is 5.56 Å². The highest BCUT2D eigenvalue weighted by atomic mass is 19.1. The minimum Gasteiger partial charge on any atom is -0.472 e. The lowest BCUT2D eigenvalue weighted by Crippen LogP contribution is -2.01. The predicted molar refractivity (Wildman–Crippen MR) is 95.7 cm³/mol. The van der Waals surface area contributed by atoms with Gasteiger partial charge in [-0.1, -0.05) is 54.6 Å². The fraction of sp³-hybridized carbons (Fsp3) is 0.0476. The lowest BCUT2D eigenvalue weighted by atomic mass is 10.2. The van der Waals surface area contributed by atoms with Crippen LogP contribution in [0.2, 0.25) is 0 Å². The predicted octanol–water partition coefficient (Wildman–Crippen LogP) is 5.01. The van der Waals surface area contributed by atoms with Crippen LogP contribution >= 0.6 is 0 Å². The quantitative estimate of drug-likeness (QED) is 0.527. The second-order valence-electron chi connectivity index (χ2n) is 5.65. The summed E-state index contributed by atoms with van der Waals surface area (Å²) in [6, 6.07) is 23.8. The maximum atomic E-state index is 13.4. The van der Waals surface area contributed by atoms with Crippen molar-refractivity contribution in [2.24, 2.45) is 0 Å². The SMILES string of the molecule is Fc1cccc(COc2nc(-c3ccccc3)nc3ccccc23)c1. The van der Waals surface area contributed by atoms with Crippen molar-refractivity contribution in [2.75, 3.05) is 0 Å². The van der Waals surface area contributed by atoms with Crippen molar-refractivity contribution in [3.8, 4) is 17.3 Å². The molecule has 0 saturated heterocycles. The van der Waals surface area contributed by atoms with E-state index in [4.69, 9.17) is 4.74 Å². The molecule has 0 aliphatic carbocycles. The van der Waals surface area contributed by atoms with E-state index in [1.54, 1.807) is 6.07 Å². The van der Waals surface area contributed by atoms with E-state index in [0.717, 1.165) is 22.0 Å². The maximum Gasteiger partial charge on any atom is 0.225 e. The summed E-state index contributed by atoms with van der Waals surface area (Å²) in [6.45, 7) is 0.243. The van der Waals surface area contributed by atoms with Gasteiger partial charge in [0.25, 0.3) is 0 Å². The molecule has 0 radical (unpaired) electrons. The molecule has 0 fully saturated rings. The summed E-state index contributed by atoms with van der Waals surface area (Å²) in [6.07, 6.45) is 0. The van der Waals surface area contributed by atoms with Crippen LogP contribution in [0.3, 0.4) is 0 Å². The van der Waals surface area contributed by atoms with Gasteiger partial charge in [-0.05, 0) is 29.8 Å². The summed E-state index contributed by atoms with van der Waals surface area (Å²) in [5.41, 5.74) is 2.48. The topological polar surface area (TPSA) is 35.0 Å². The number of rotatable bonds is 4. The first kappa shape index (κ1) is 15.3. The molecule has 0 aliphatic rings. The van der Waals surface area contributed by atoms with Gasteiger partial charge >= 0.3 is 0 Å². The van der Waals surface area contributed by atoms with E-state index in [1.807, 2.05) is 60.7 Å². The first-order chi connectivity index (χ1) is 12.3. The summed E-state index contributed by atoms with van der Waals surface area (Å²) in [5, 5.41) is 0.832. The van der Waals surface area contributed by atoms with Gasteiger partial charge in [-0.15, -0.1) is 0 Å². The minimum absolute atomic E-state index is 0.243. The molecule has 122 valence electrons. The molecule has 0 amide bonds. The maximum absolute atomic E-state index is 13.4. The molecule has 1 heterocycles. The first-order valence-corrected chi connectivity index (χ1v) is 7.99. The third-order valence-corrected chi connectivity index (χ3v) is 3.86. The molecule has 0 saturated carbocycles. The van der Waals surface area contributed by atoms with Gasteiger partial charge in [0.05, 0.1) is 10.9 Å². The highest BCUT2D eigenvalue weighted by Gasteiger charge is 2.10. The van der Waals surface area contributed by atoms with Crippen molar-refractivity contribution in [3.63, 3.8) is 0 Å². The molecule has 4 rings (SSSR count). The Kier molecular flexibility index (Phi) is 4.09. The second kappa shape index (κ2) is 6.69. The second-order valence-corrected chi connectivity index (χ2v) is 5.65. The zero-order valence-corrected chi connectivity index (χ0v) is 13.4. The minimum atomic E-state index is -0.279. The van der Waals surface area contributed by atoms with Crippen LogP contribution in [0, 0.1) is 5.82 Å². The number of hydrogen-bond acceptors (Lipinski definition) is 3. The molecular formula is C21H15FN2O. The van der Waals surface area contributed by atoms with E-state index in [9.17, 15) is 4.39 Å². The van der Waals surface area contributed by atoms with Gasteiger partial charge in [0.2, 0.25) is 5.88 Å². The molecule has 0 unspecified atom stereocenters. The Morgan fingerprint density at radius 1 is 0.800 bits per heavy atom. The molecule has 0 spiro atoms. The molecule has 4 heteroatoms. The van der Waals surface area contributed by atoms with Crippen LogP contribution in [0.4, 0.5) is 4.39 Å². The van der Waals surface area contributed by atoms with E-state index in [1.165, 1.54) is 12.1 Å². The Morgan fingerprint density at radius 2 is 1.60 bits per heavy atom. The van der Waals surface area contributed by atoms with E-state index in [2.05, 4.69) is 9.97 Å². The van der Waals surface area contributed by atoms with Crippen molar-refractivity contribution >= 4 is 10.9 Å². The zero-order valence-electron chi connectivity index (χ0n) is 13.4. The number of ether oxygens (including phenoxy) is 1. The highest BCUT2D eigenvalue weighted by molar-refractivity contribution is 5.85. The van der Waals surface area contributed by atoms with E-state index >= 15 is 0 Å². The van der Waals surface area contributed by atoms with Crippen molar-refractivity contribution in [2.45, 2.75) is 6.61 Å². The summed E-state index contributed by atoms with van der Waals surface area (Å²) >= 11 is 0. The largest absolute Gasteiger partial charge is 0.472 e. The number of benzene rings is 3. The molecule has 0 bridgehead atoms. The summed E-state index contributed by atoms with van der Waals surface area (Å²) < 4.78 is 19.3. The lowest BCUT2D eigenvalue weighted by Gasteiger charge is -2.10. The number of nitrogens with zero attached hydrogens (tertiary/aromatic N) is 2. The average molecular weight is 330 g/mol. The number of fused-ring (bicyclic) bond motifs is 1. The third kappa shape index (κ3) is 3.33. The van der Waals surface area contributed by atoms with Gasteiger partial charge in [0.15, 0.2) is 5.82 Å². The van der Waals surface area contributed by atoms with Gasteiger partial charge in [-0.3, -0.25) is 0 Å². The number of aromatic nitrogens is 2. The third-order valence-electron chi connectivity index (χ3n) is 3.86. The van der Waals surface area contributed by atoms with E-state index in [0.29, 0.717) is 11.7 Å². The molecule has 3 nitrogen and oxygen atoms in total. The molecule has 25 heavy (non-hydrogen) atoms. The fourth-order valence-electron chi connectivity index (χ4n) is 2.65. The Labute approximate surface area is 144 Å². The normalized spacial score (nSPS) is 10.8. The monoisotopic (exact) mass is 330 g/mol. The summed E-state index contributed by atoms with van der Waals surface area (Å²) in [4.78, 5) is 9.21. The Hall–Kier alpha value is -3.27. The molecule has 0 N–H and O–H groups in total. The van der Waals surface area contributed by atoms with Crippen LogP contribution < -0.4 is 4.74 Å². The Bertz CT molecular complexity index is 1020. The zero-order chi connectivity index (χ0) is 17.1. The Balaban J connectivity index is 1.73. The van der Waals surface area contributed by atoms with Crippen molar-refractivity contribution in [1.29, 1.82) is 0 Å². The van der Waals surface area contributed by atoms with Crippen LogP contribution in [-0.2, 0) is 6.61 Å². The van der Waals surface area contributed by atoms with Crippen molar-refractivity contribution in [3.05, 3.63) is 90.2 Å². The van der Waals surface area contributed by atoms with Crippen LogP contribution in [0.15, 0.2) is 78.9 Å². The van der Waals surface area contributed by atoms with Crippen LogP contribution in [0.1, 0.15) is 5.56 Å².